The van der Waals surface area contributed by atoms with E-state index in [1.165, 1.54) is 12.1 Å². The second-order valence-corrected chi connectivity index (χ2v) is 2.90. The van der Waals surface area contributed by atoms with Gasteiger partial charge in [-0.05, 0) is 11.6 Å². The van der Waals surface area contributed by atoms with Gasteiger partial charge in [-0.1, -0.05) is 13.0 Å². The average molecular weight is 187 g/mol. The summed E-state index contributed by atoms with van der Waals surface area (Å²) in [4.78, 5) is 4.38. The summed E-state index contributed by atoms with van der Waals surface area (Å²) in [6.45, 7) is 1.96. The molecule has 1 rings (SSSR count). The number of hydrogen-bond donors (Lipinski definition) is 1. The first-order chi connectivity index (χ1) is 6.15. The number of rotatable bonds is 3. The summed E-state index contributed by atoms with van der Waals surface area (Å²) in [6, 6.07) is 3.46. The van der Waals surface area contributed by atoms with Gasteiger partial charge in [0.25, 0.3) is 0 Å². The molecule has 1 aromatic rings. The maximum absolute atomic E-state index is 13.1. The predicted molar refractivity (Wildman–Crippen MR) is 44.9 cm³/mol. The van der Waals surface area contributed by atoms with E-state index in [4.69, 9.17) is 5.90 Å². The number of halogens is 2. The molecule has 0 radical (unpaired) electrons. The second-order valence-electron chi connectivity index (χ2n) is 2.90. The topological polar surface area (TPSA) is 35.2 Å². The van der Waals surface area contributed by atoms with Gasteiger partial charge in [-0.2, -0.15) is 0 Å². The summed E-state index contributed by atoms with van der Waals surface area (Å²) in [6.07, 6.45) is 0. The maximum atomic E-state index is 13.1. The molecule has 0 amide bonds. The smallest absolute Gasteiger partial charge is 0.129 e. The van der Waals surface area contributed by atoms with Crippen molar-refractivity contribution in [2.24, 2.45) is 5.90 Å². The van der Waals surface area contributed by atoms with Gasteiger partial charge in [0.15, 0.2) is 0 Å². The van der Waals surface area contributed by atoms with Gasteiger partial charge in [-0.3, -0.25) is 0 Å². The van der Waals surface area contributed by atoms with Crippen molar-refractivity contribution in [3.05, 3.63) is 35.4 Å². The Morgan fingerprint density at radius 1 is 1.46 bits per heavy atom. The van der Waals surface area contributed by atoms with Crippen molar-refractivity contribution in [3.63, 3.8) is 0 Å². The molecule has 1 atom stereocenters. The molecule has 0 heterocycles. The van der Waals surface area contributed by atoms with Gasteiger partial charge in [0, 0.05) is 12.0 Å². The third-order valence-corrected chi connectivity index (χ3v) is 1.84. The van der Waals surface area contributed by atoms with Crippen molar-refractivity contribution in [1.82, 2.24) is 0 Å². The van der Waals surface area contributed by atoms with E-state index in [1.807, 2.05) is 0 Å². The highest BCUT2D eigenvalue weighted by Crippen LogP contribution is 2.19. The molecule has 1 aromatic carbocycles. The van der Waals surface area contributed by atoms with Crippen molar-refractivity contribution in [2.75, 3.05) is 6.61 Å². The summed E-state index contributed by atoms with van der Waals surface area (Å²) in [5, 5.41) is 0. The van der Waals surface area contributed by atoms with Gasteiger partial charge < -0.3 is 4.84 Å². The van der Waals surface area contributed by atoms with Crippen molar-refractivity contribution in [3.8, 4) is 0 Å². The lowest BCUT2D eigenvalue weighted by Gasteiger charge is -2.10. The molecular weight excluding hydrogens is 176 g/mol. The van der Waals surface area contributed by atoms with Crippen molar-refractivity contribution in [2.45, 2.75) is 12.8 Å². The zero-order chi connectivity index (χ0) is 9.84. The third kappa shape index (κ3) is 2.47. The van der Waals surface area contributed by atoms with E-state index in [1.54, 1.807) is 6.92 Å². The van der Waals surface area contributed by atoms with E-state index in [9.17, 15) is 8.78 Å². The molecule has 0 saturated carbocycles. The predicted octanol–water partition coefficient (Wildman–Crippen LogP) is 1.96. The lowest BCUT2D eigenvalue weighted by atomic mass is 10.0. The molecule has 2 nitrogen and oxygen atoms in total. The highest BCUT2D eigenvalue weighted by molar-refractivity contribution is 5.22. The number of benzene rings is 1. The first-order valence-corrected chi connectivity index (χ1v) is 3.91. The van der Waals surface area contributed by atoms with Crippen LogP contribution >= 0.6 is 0 Å². The zero-order valence-corrected chi connectivity index (χ0v) is 7.26. The Morgan fingerprint density at radius 2 is 2.15 bits per heavy atom. The average Bonchev–Trinajstić information content (AvgIpc) is 2.04. The van der Waals surface area contributed by atoms with Crippen LogP contribution in [0.25, 0.3) is 0 Å². The standard InChI is InChI=1S/C9H11F2NO/c1-6(5-13-12)8-3-2-7(10)4-9(8)11/h2-4,6H,5,12H2,1H3. The van der Waals surface area contributed by atoms with Crippen molar-refractivity contribution in [1.29, 1.82) is 0 Å². The molecule has 0 saturated heterocycles. The van der Waals surface area contributed by atoms with Crippen LogP contribution in [0.5, 0.6) is 0 Å². The second kappa shape index (κ2) is 4.30. The van der Waals surface area contributed by atoms with Crippen LogP contribution in [-0.2, 0) is 4.84 Å². The Bertz CT molecular complexity index is 291. The van der Waals surface area contributed by atoms with E-state index in [0.29, 0.717) is 5.56 Å². The molecule has 0 fully saturated rings. The molecule has 0 aromatic heterocycles. The minimum Gasteiger partial charge on any atom is -0.304 e. The zero-order valence-electron chi connectivity index (χ0n) is 7.26. The van der Waals surface area contributed by atoms with Crippen LogP contribution in [0.15, 0.2) is 18.2 Å². The fraction of sp³-hybridized carbons (Fsp3) is 0.333. The summed E-state index contributed by atoms with van der Waals surface area (Å²) >= 11 is 0. The van der Waals surface area contributed by atoms with Gasteiger partial charge in [0.05, 0.1) is 6.61 Å². The van der Waals surface area contributed by atoms with E-state index >= 15 is 0 Å². The third-order valence-electron chi connectivity index (χ3n) is 1.84. The SMILES string of the molecule is CC(CON)c1ccc(F)cc1F. The number of hydrogen-bond acceptors (Lipinski definition) is 2. The quantitative estimate of drug-likeness (QED) is 0.734. The molecule has 0 spiro atoms. The summed E-state index contributed by atoms with van der Waals surface area (Å²) in [5.41, 5.74) is 0.409. The Kier molecular flexibility index (Phi) is 3.33. The molecule has 0 aliphatic rings. The molecule has 4 heteroatoms. The lowest BCUT2D eigenvalue weighted by Crippen LogP contribution is -2.10. The minimum atomic E-state index is -0.581. The van der Waals surface area contributed by atoms with E-state index in [0.717, 1.165) is 6.07 Å². The fourth-order valence-electron chi connectivity index (χ4n) is 1.14. The van der Waals surface area contributed by atoms with Crippen molar-refractivity contribution < 1.29 is 13.6 Å². The number of nitrogens with two attached hydrogens (primary N) is 1. The molecule has 0 aliphatic carbocycles. The van der Waals surface area contributed by atoms with Gasteiger partial charge in [0.1, 0.15) is 11.6 Å². The molecule has 0 bridgehead atoms. The largest absolute Gasteiger partial charge is 0.304 e. The van der Waals surface area contributed by atoms with Crippen LogP contribution in [0.1, 0.15) is 18.4 Å². The van der Waals surface area contributed by atoms with Crippen LogP contribution in [-0.4, -0.2) is 6.61 Å². The first-order valence-electron chi connectivity index (χ1n) is 3.91. The fourth-order valence-corrected chi connectivity index (χ4v) is 1.14. The van der Waals surface area contributed by atoms with Crippen LogP contribution in [0.3, 0.4) is 0 Å². The lowest BCUT2D eigenvalue weighted by molar-refractivity contribution is 0.126. The van der Waals surface area contributed by atoms with E-state index in [-0.39, 0.29) is 12.5 Å². The van der Waals surface area contributed by atoms with E-state index in [2.05, 4.69) is 4.84 Å². The highest BCUT2D eigenvalue weighted by atomic mass is 19.1. The first kappa shape index (κ1) is 10.1. The highest BCUT2D eigenvalue weighted by Gasteiger charge is 2.11. The van der Waals surface area contributed by atoms with Crippen LogP contribution < -0.4 is 5.90 Å². The van der Waals surface area contributed by atoms with Crippen LogP contribution in [0.2, 0.25) is 0 Å². The molecule has 72 valence electrons. The normalized spacial score (nSPS) is 12.9. The van der Waals surface area contributed by atoms with Gasteiger partial charge in [-0.25, -0.2) is 14.7 Å². The molecule has 1 unspecified atom stereocenters. The van der Waals surface area contributed by atoms with Gasteiger partial charge in [-0.15, -0.1) is 0 Å². The Balaban J connectivity index is 2.88. The van der Waals surface area contributed by atoms with Crippen molar-refractivity contribution >= 4 is 0 Å². The van der Waals surface area contributed by atoms with Crippen LogP contribution in [0, 0.1) is 11.6 Å². The summed E-state index contributed by atoms with van der Waals surface area (Å²) in [7, 11) is 0. The van der Waals surface area contributed by atoms with Gasteiger partial charge >= 0.3 is 0 Å². The minimum absolute atomic E-state index is 0.175. The maximum Gasteiger partial charge on any atom is 0.129 e. The Morgan fingerprint density at radius 3 is 2.69 bits per heavy atom. The summed E-state index contributed by atoms with van der Waals surface area (Å²) in [5.74, 6) is 3.53. The van der Waals surface area contributed by atoms with E-state index < -0.39 is 11.6 Å². The Hall–Kier alpha value is -1.00. The van der Waals surface area contributed by atoms with Crippen LogP contribution in [0.4, 0.5) is 8.78 Å². The molecule has 2 N–H and O–H groups in total. The molecule has 13 heavy (non-hydrogen) atoms. The monoisotopic (exact) mass is 187 g/mol. The summed E-state index contributed by atoms with van der Waals surface area (Å²) < 4.78 is 25.6. The van der Waals surface area contributed by atoms with Gasteiger partial charge in [0.2, 0.25) is 0 Å². The Labute approximate surface area is 75.3 Å². The molecule has 0 aliphatic heterocycles. The molecular formula is C9H11F2NO.